The molecule has 0 atom stereocenters. The van der Waals surface area contributed by atoms with Crippen LogP contribution in [0.2, 0.25) is 0 Å². The number of nitro benzene ring substituents is 1. The Balaban J connectivity index is 1.53. The Bertz CT molecular complexity index is 1290. The van der Waals surface area contributed by atoms with Crippen molar-refractivity contribution in [1.82, 2.24) is 14.6 Å². The molecule has 4 aromatic rings. The minimum Gasteiger partial charge on any atom is -0.258 e. The van der Waals surface area contributed by atoms with Crippen LogP contribution in [0.1, 0.15) is 41.3 Å². The lowest BCUT2D eigenvalue weighted by Gasteiger charge is -2.07. The van der Waals surface area contributed by atoms with Crippen molar-refractivity contribution in [2.45, 2.75) is 37.1 Å². The van der Waals surface area contributed by atoms with Crippen molar-refractivity contribution in [2.24, 2.45) is 0 Å². The molecule has 2 aromatic carbocycles. The number of nitrogens with zero attached hydrogens (tertiary/aromatic N) is 4. The Morgan fingerprint density at radius 1 is 1.16 bits per heavy atom. The summed E-state index contributed by atoms with van der Waals surface area (Å²) < 4.78 is 1.98. The number of thioether (sulfide) groups is 1. The van der Waals surface area contributed by atoms with Gasteiger partial charge in [0.05, 0.1) is 16.2 Å². The Labute approximate surface area is 184 Å². The summed E-state index contributed by atoms with van der Waals surface area (Å²) in [6, 6.07) is 17.0. The first-order chi connectivity index (χ1) is 15.0. The van der Waals surface area contributed by atoms with Gasteiger partial charge in [-0.1, -0.05) is 36.4 Å². The Morgan fingerprint density at radius 2 is 1.90 bits per heavy atom. The molecule has 0 radical (unpaired) electrons. The van der Waals surface area contributed by atoms with Crippen molar-refractivity contribution in [3.63, 3.8) is 0 Å². The van der Waals surface area contributed by atoms with Crippen LogP contribution in [0.25, 0.3) is 16.8 Å². The topological polar surface area (TPSA) is 73.3 Å². The summed E-state index contributed by atoms with van der Waals surface area (Å²) in [4.78, 5) is 15.9. The molecule has 31 heavy (non-hydrogen) atoms. The number of benzene rings is 2. The number of para-hydroxylation sites is 1. The Hall–Kier alpha value is -3.19. The molecular formula is C24H22N4O2S. The molecule has 0 saturated heterocycles. The third-order valence-corrected chi connectivity index (χ3v) is 6.42. The molecule has 1 fully saturated rings. The van der Waals surface area contributed by atoms with Crippen molar-refractivity contribution in [3.05, 3.63) is 87.2 Å². The van der Waals surface area contributed by atoms with Gasteiger partial charge in [0.15, 0.2) is 5.65 Å². The third kappa shape index (κ3) is 3.70. The average molecular weight is 431 g/mol. The van der Waals surface area contributed by atoms with Gasteiger partial charge in [-0.2, -0.15) is 5.10 Å². The molecule has 6 nitrogen and oxygen atoms in total. The first kappa shape index (κ1) is 19.8. The smallest absolute Gasteiger partial charge is 0.258 e. The van der Waals surface area contributed by atoms with Crippen LogP contribution in [0.15, 0.2) is 59.6 Å². The van der Waals surface area contributed by atoms with E-state index in [1.165, 1.54) is 18.4 Å². The normalized spacial score (nSPS) is 13.6. The predicted molar refractivity (Wildman–Crippen MR) is 123 cm³/mol. The molecule has 156 valence electrons. The highest BCUT2D eigenvalue weighted by Crippen LogP contribution is 2.42. The summed E-state index contributed by atoms with van der Waals surface area (Å²) in [6.07, 6.45) is 5.15. The van der Waals surface area contributed by atoms with Crippen molar-refractivity contribution in [1.29, 1.82) is 0 Å². The van der Waals surface area contributed by atoms with Gasteiger partial charge in [-0.3, -0.25) is 10.1 Å². The predicted octanol–water partition coefficient (Wildman–Crippen LogP) is 5.80. The molecule has 0 bridgehead atoms. The lowest BCUT2D eigenvalue weighted by Crippen LogP contribution is -1.98. The Morgan fingerprint density at radius 3 is 2.58 bits per heavy atom. The van der Waals surface area contributed by atoms with Crippen LogP contribution in [-0.4, -0.2) is 25.8 Å². The van der Waals surface area contributed by atoms with Gasteiger partial charge >= 0.3 is 0 Å². The molecule has 2 aromatic heterocycles. The number of nitro groups is 1. The largest absolute Gasteiger partial charge is 0.277 e. The zero-order valence-electron chi connectivity index (χ0n) is 17.4. The molecule has 0 spiro atoms. The maximum atomic E-state index is 11.4. The van der Waals surface area contributed by atoms with Gasteiger partial charge in [0.1, 0.15) is 5.03 Å². The zero-order valence-corrected chi connectivity index (χ0v) is 18.2. The fourth-order valence-corrected chi connectivity index (χ4v) is 4.50. The fraction of sp³-hybridized carbons (Fsp3) is 0.250. The van der Waals surface area contributed by atoms with Crippen molar-refractivity contribution in [2.75, 3.05) is 6.26 Å². The van der Waals surface area contributed by atoms with Gasteiger partial charge in [-0.05, 0) is 49.3 Å². The van der Waals surface area contributed by atoms with Crippen LogP contribution >= 0.6 is 11.8 Å². The minimum absolute atomic E-state index is 0.123. The van der Waals surface area contributed by atoms with Gasteiger partial charge in [-0.15, -0.1) is 11.8 Å². The molecule has 1 saturated carbocycles. The quantitative estimate of drug-likeness (QED) is 0.167. The first-order valence-electron chi connectivity index (χ1n) is 10.3. The second-order valence-corrected chi connectivity index (χ2v) is 8.79. The average Bonchev–Trinajstić information content (AvgIpc) is 3.57. The molecule has 5 rings (SSSR count). The van der Waals surface area contributed by atoms with E-state index < -0.39 is 0 Å². The maximum absolute atomic E-state index is 11.4. The summed E-state index contributed by atoms with van der Waals surface area (Å²) in [5.41, 5.74) is 7.14. The molecular weight excluding hydrogens is 408 g/mol. The molecule has 0 N–H and O–H groups in total. The van der Waals surface area contributed by atoms with Crippen LogP contribution in [-0.2, 0) is 6.42 Å². The number of hydrogen-bond acceptors (Lipinski definition) is 5. The summed E-state index contributed by atoms with van der Waals surface area (Å²) in [6.45, 7) is 2.07. The van der Waals surface area contributed by atoms with E-state index in [1.54, 1.807) is 30.0 Å². The fourth-order valence-electron chi connectivity index (χ4n) is 4.04. The second-order valence-electron chi connectivity index (χ2n) is 7.96. The number of hydrogen-bond donors (Lipinski definition) is 0. The molecule has 1 aliphatic rings. The third-order valence-electron chi connectivity index (χ3n) is 5.79. The van der Waals surface area contributed by atoms with Gasteiger partial charge in [0, 0.05) is 29.7 Å². The summed E-state index contributed by atoms with van der Waals surface area (Å²) in [5.74, 6) is 0.528. The summed E-state index contributed by atoms with van der Waals surface area (Å²) in [5, 5.41) is 17.3. The molecule has 2 heterocycles. The zero-order chi connectivity index (χ0) is 21.5. The van der Waals surface area contributed by atoms with Crippen LogP contribution in [0.4, 0.5) is 5.69 Å². The first-order valence-corrected chi connectivity index (χ1v) is 11.5. The molecule has 0 aliphatic heterocycles. The molecule has 0 amide bonds. The van der Waals surface area contributed by atoms with E-state index in [0.29, 0.717) is 11.5 Å². The number of rotatable bonds is 6. The van der Waals surface area contributed by atoms with Crippen molar-refractivity contribution >= 4 is 23.1 Å². The Kier molecular flexibility index (Phi) is 4.98. The molecule has 0 unspecified atom stereocenters. The SMILES string of the molecule is CSc1cc(C)n2nc(C3CC3)c(Cc3ccc(-c4ccccc4[N+](=O)[O-])cc3)c2n1. The van der Waals surface area contributed by atoms with E-state index in [9.17, 15) is 10.1 Å². The minimum atomic E-state index is -0.332. The van der Waals surface area contributed by atoms with E-state index in [1.807, 2.05) is 29.0 Å². The van der Waals surface area contributed by atoms with Crippen molar-refractivity contribution in [3.8, 4) is 11.1 Å². The van der Waals surface area contributed by atoms with Gasteiger partial charge in [0.2, 0.25) is 0 Å². The van der Waals surface area contributed by atoms with Gasteiger partial charge in [0.25, 0.3) is 5.69 Å². The molecule has 1 aliphatic carbocycles. The van der Waals surface area contributed by atoms with E-state index in [0.717, 1.165) is 39.6 Å². The maximum Gasteiger partial charge on any atom is 0.277 e. The lowest BCUT2D eigenvalue weighted by molar-refractivity contribution is -0.384. The standard InChI is InChI=1S/C24H22N4O2S/c1-15-13-22(31-2)25-24-20(23(18-11-12-18)26-27(15)24)14-16-7-9-17(10-8-16)19-5-3-4-6-21(19)28(29)30/h3-10,13,18H,11-12,14H2,1-2H3. The number of fused-ring (bicyclic) bond motifs is 1. The molecule has 7 heteroatoms. The number of aryl methyl sites for hydroxylation is 1. The van der Waals surface area contributed by atoms with Crippen LogP contribution in [0.3, 0.4) is 0 Å². The second kappa shape index (κ2) is 7.81. The van der Waals surface area contributed by atoms with Gasteiger partial charge in [-0.25, -0.2) is 9.50 Å². The van der Waals surface area contributed by atoms with E-state index in [-0.39, 0.29) is 10.6 Å². The van der Waals surface area contributed by atoms with E-state index >= 15 is 0 Å². The lowest BCUT2D eigenvalue weighted by atomic mass is 9.98. The van der Waals surface area contributed by atoms with E-state index in [2.05, 4.69) is 25.1 Å². The monoisotopic (exact) mass is 430 g/mol. The highest BCUT2D eigenvalue weighted by Gasteiger charge is 2.31. The van der Waals surface area contributed by atoms with Crippen LogP contribution in [0.5, 0.6) is 0 Å². The van der Waals surface area contributed by atoms with Crippen LogP contribution < -0.4 is 0 Å². The van der Waals surface area contributed by atoms with Crippen molar-refractivity contribution < 1.29 is 4.92 Å². The summed E-state index contributed by atoms with van der Waals surface area (Å²) >= 11 is 1.64. The summed E-state index contributed by atoms with van der Waals surface area (Å²) in [7, 11) is 0. The van der Waals surface area contributed by atoms with Gasteiger partial charge < -0.3 is 0 Å². The van der Waals surface area contributed by atoms with Crippen LogP contribution in [0, 0.1) is 17.0 Å². The highest BCUT2D eigenvalue weighted by atomic mass is 32.2. The highest BCUT2D eigenvalue weighted by molar-refractivity contribution is 7.98. The van der Waals surface area contributed by atoms with E-state index in [4.69, 9.17) is 10.1 Å². The number of aromatic nitrogens is 3.